The number of piperidine rings is 1. The number of likely N-dealkylation sites (tertiary alicyclic amines) is 1. The number of Topliss-reactive ketones (excluding diaryl/α,β-unsaturated/α-hetero) is 1. The maximum Gasteiger partial charge on any atom is 0.306 e. The summed E-state index contributed by atoms with van der Waals surface area (Å²) < 4.78 is 0. The van der Waals surface area contributed by atoms with Crippen LogP contribution < -0.4 is 5.32 Å². The molecule has 0 spiro atoms. The maximum atomic E-state index is 14.0. The molecular formula is C37H56N4O5S. The Balaban J connectivity index is 1.66. The number of carbonyl (C=O) groups excluding carboxylic acids is 3. The lowest BCUT2D eigenvalue weighted by molar-refractivity contribution is -0.142. The smallest absolute Gasteiger partial charge is 0.306 e. The Morgan fingerprint density at radius 2 is 1.81 bits per heavy atom. The SMILES string of the molecule is CC[C@H](C)[C@H](CC(=O)[C@H]1CCCCN1C)C(=O)N(C)[C@H](CCc1nc(C(=O)N[C@@H](Cc2ccccc2)C[C@H](C)C(=O)O)cs1)C(C)C. The number of likely N-dealkylation sites (N-methyl/N-ethyl adjacent to an activating group) is 1. The van der Waals surface area contributed by atoms with Crippen molar-refractivity contribution in [3.05, 3.63) is 52.0 Å². The zero-order valence-corrected chi connectivity index (χ0v) is 30.2. The van der Waals surface area contributed by atoms with Crippen LogP contribution in [0.4, 0.5) is 0 Å². The van der Waals surface area contributed by atoms with Crippen molar-refractivity contribution in [1.82, 2.24) is 20.1 Å². The topological polar surface area (TPSA) is 120 Å². The number of hydrogen-bond acceptors (Lipinski definition) is 7. The Bertz CT molecular complexity index is 1310. The molecule has 6 atom stereocenters. The predicted molar refractivity (Wildman–Crippen MR) is 187 cm³/mol. The van der Waals surface area contributed by atoms with Gasteiger partial charge in [0.2, 0.25) is 5.91 Å². The molecule has 9 nitrogen and oxygen atoms in total. The van der Waals surface area contributed by atoms with Crippen LogP contribution in [0.25, 0.3) is 0 Å². The normalized spacial score (nSPS) is 18.6. The molecule has 10 heteroatoms. The fourth-order valence-corrected chi connectivity index (χ4v) is 7.52. The molecule has 47 heavy (non-hydrogen) atoms. The van der Waals surface area contributed by atoms with Gasteiger partial charge in [0.05, 0.1) is 17.0 Å². The molecule has 0 unspecified atom stereocenters. The van der Waals surface area contributed by atoms with Crippen LogP contribution >= 0.6 is 11.3 Å². The number of aliphatic carboxylic acids is 1. The highest BCUT2D eigenvalue weighted by atomic mass is 32.1. The summed E-state index contributed by atoms with van der Waals surface area (Å²) in [7, 11) is 3.88. The monoisotopic (exact) mass is 668 g/mol. The number of rotatable bonds is 18. The van der Waals surface area contributed by atoms with Gasteiger partial charge in [-0.25, -0.2) is 4.98 Å². The summed E-state index contributed by atoms with van der Waals surface area (Å²) >= 11 is 1.42. The molecule has 1 saturated heterocycles. The van der Waals surface area contributed by atoms with Gasteiger partial charge in [-0.05, 0) is 63.1 Å². The number of nitrogens with zero attached hydrogens (tertiary/aromatic N) is 3. The van der Waals surface area contributed by atoms with Gasteiger partial charge < -0.3 is 15.3 Å². The number of hydrogen-bond donors (Lipinski definition) is 2. The van der Waals surface area contributed by atoms with E-state index in [-0.39, 0.29) is 59.9 Å². The molecule has 0 aliphatic carbocycles. The van der Waals surface area contributed by atoms with E-state index in [1.807, 2.05) is 49.3 Å². The molecule has 3 rings (SSSR count). The quantitative estimate of drug-likeness (QED) is 0.197. The molecular weight excluding hydrogens is 612 g/mol. The minimum Gasteiger partial charge on any atom is -0.481 e. The zero-order chi connectivity index (χ0) is 34.7. The van der Waals surface area contributed by atoms with E-state index in [9.17, 15) is 24.3 Å². The van der Waals surface area contributed by atoms with Gasteiger partial charge in [-0.2, -0.15) is 0 Å². The fraction of sp³-hybridized carbons (Fsp3) is 0.649. The number of carboxylic acid groups (broad SMARTS) is 1. The van der Waals surface area contributed by atoms with Crippen molar-refractivity contribution >= 4 is 34.9 Å². The van der Waals surface area contributed by atoms with Gasteiger partial charge in [0.1, 0.15) is 5.69 Å². The van der Waals surface area contributed by atoms with Crippen LogP contribution in [0.15, 0.2) is 35.7 Å². The summed E-state index contributed by atoms with van der Waals surface area (Å²) in [4.78, 5) is 60.8. The van der Waals surface area contributed by atoms with Gasteiger partial charge in [-0.1, -0.05) is 77.8 Å². The highest BCUT2D eigenvalue weighted by Gasteiger charge is 2.36. The van der Waals surface area contributed by atoms with Gasteiger partial charge in [0.15, 0.2) is 5.78 Å². The van der Waals surface area contributed by atoms with Crippen LogP contribution in [0.5, 0.6) is 0 Å². The van der Waals surface area contributed by atoms with Crippen molar-refractivity contribution in [3.63, 3.8) is 0 Å². The van der Waals surface area contributed by atoms with Crippen molar-refractivity contribution < 1.29 is 24.3 Å². The number of nitrogens with one attached hydrogen (secondary N) is 1. The molecule has 260 valence electrons. The lowest BCUT2D eigenvalue weighted by Crippen LogP contribution is -2.47. The van der Waals surface area contributed by atoms with Crippen molar-refractivity contribution in [1.29, 1.82) is 0 Å². The number of amides is 2. The van der Waals surface area contributed by atoms with E-state index >= 15 is 0 Å². The summed E-state index contributed by atoms with van der Waals surface area (Å²) in [5.41, 5.74) is 1.34. The molecule has 0 radical (unpaired) electrons. The molecule has 1 aromatic carbocycles. The van der Waals surface area contributed by atoms with E-state index in [0.29, 0.717) is 31.4 Å². The van der Waals surface area contributed by atoms with Gasteiger partial charge >= 0.3 is 5.97 Å². The van der Waals surface area contributed by atoms with Crippen LogP contribution in [0.3, 0.4) is 0 Å². The zero-order valence-electron chi connectivity index (χ0n) is 29.4. The Hall–Kier alpha value is -3.11. The molecule has 2 aromatic rings. The van der Waals surface area contributed by atoms with E-state index in [0.717, 1.165) is 42.8 Å². The molecule has 1 fully saturated rings. The number of aromatic nitrogens is 1. The summed E-state index contributed by atoms with van der Waals surface area (Å²) in [6, 6.07) is 9.22. The van der Waals surface area contributed by atoms with Crippen molar-refractivity contribution in [3.8, 4) is 0 Å². The van der Waals surface area contributed by atoms with Crippen LogP contribution in [0, 0.1) is 23.7 Å². The van der Waals surface area contributed by atoms with Crippen molar-refractivity contribution in [2.75, 3.05) is 20.6 Å². The number of aryl methyl sites for hydroxylation is 1. The van der Waals surface area contributed by atoms with Crippen LogP contribution in [0.1, 0.15) is 101 Å². The van der Waals surface area contributed by atoms with Crippen LogP contribution in [0.2, 0.25) is 0 Å². The molecule has 1 aliphatic rings. The first-order valence-corrected chi connectivity index (χ1v) is 18.2. The summed E-state index contributed by atoms with van der Waals surface area (Å²) in [6.07, 6.45) is 6.27. The Kier molecular flexibility index (Phi) is 15.0. The molecule has 0 bridgehead atoms. The average Bonchev–Trinajstić information content (AvgIpc) is 3.52. The van der Waals surface area contributed by atoms with Gasteiger partial charge in [0, 0.05) is 43.3 Å². The molecule has 0 saturated carbocycles. The number of benzene rings is 1. The van der Waals surface area contributed by atoms with E-state index in [4.69, 9.17) is 0 Å². The van der Waals surface area contributed by atoms with E-state index in [1.54, 1.807) is 12.3 Å². The lowest BCUT2D eigenvalue weighted by Gasteiger charge is -2.37. The Morgan fingerprint density at radius 1 is 1.11 bits per heavy atom. The first-order valence-electron chi connectivity index (χ1n) is 17.3. The predicted octanol–water partition coefficient (Wildman–Crippen LogP) is 6.12. The van der Waals surface area contributed by atoms with Crippen molar-refractivity contribution in [2.24, 2.45) is 23.7 Å². The van der Waals surface area contributed by atoms with Crippen LogP contribution in [-0.2, 0) is 27.2 Å². The molecule has 1 aromatic heterocycles. The first-order chi connectivity index (χ1) is 22.3. The molecule has 2 amide bonds. The lowest BCUT2D eigenvalue weighted by atomic mass is 9.83. The van der Waals surface area contributed by atoms with E-state index in [2.05, 4.69) is 42.9 Å². The summed E-state index contributed by atoms with van der Waals surface area (Å²) in [5.74, 6) is -1.66. The average molecular weight is 669 g/mol. The van der Waals surface area contributed by atoms with Gasteiger partial charge in [-0.3, -0.25) is 24.1 Å². The van der Waals surface area contributed by atoms with Gasteiger partial charge in [0.25, 0.3) is 5.91 Å². The largest absolute Gasteiger partial charge is 0.481 e. The third kappa shape index (κ3) is 11.2. The second-order valence-corrected chi connectivity index (χ2v) is 14.9. The van der Waals surface area contributed by atoms with Crippen LogP contribution in [-0.4, -0.2) is 82.2 Å². The fourth-order valence-electron chi connectivity index (χ4n) is 6.73. The number of carboxylic acids is 1. The maximum absolute atomic E-state index is 14.0. The van der Waals surface area contributed by atoms with Crippen molar-refractivity contribution in [2.45, 2.75) is 111 Å². The third-order valence-electron chi connectivity index (χ3n) is 9.98. The number of ketones is 1. The second kappa shape index (κ2) is 18.4. The highest BCUT2D eigenvalue weighted by molar-refractivity contribution is 7.09. The summed E-state index contributed by atoms with van der Waals surface area (Å²) in [5, 5.41) is 15.1. The molecule has 2 heterocycles. The van der Waals surface area contributed by atoms with Gasteiger partial charge in [-0.15, -0.1) is 11.3 Å². The highest BCUT2D eigenvalue weighted by Crippen LogP contribution is 2.28. The minimum atomic E-state index is -0.893. The number of thiazole rings is 1. The molecule has 2 N–H and O–H groups in total. The van der Waals surface area contributed by atoms with E-state index < -0.39 is 11.9 Å². The standard InChI is InChI=1S/C37H56N4O5S/c1-8-25(4)29(22-33(42)32-16-12-13-19-40(32)6)36(44)41(7)31(24(2)3)17-18-34-39-30(23-47-34)35(43)38-28(20-26(5)37(45)46)21-27-14-10-9-11-15-27/h9-11,14-15,23-26,28-29,31-32H,8,12-13,16-22H2,1-7H3,(H,38,43)(H,45,46)/t25-,26-,28+,29-,31+,32+/m0/s1. The third-order valence-corrected chi connectivity index (χ3v) is 10.9. The first kappa shape index (κ1) is 38.3. The Morgan fingerprint density at radius 3 is 2.43 bits per heavy atom. The minimum absolute atomic E-state index is 0.0316. The summed E-state index contributed by atoms with van der Waals surface area (Å²) in [6.45, 7) is 11.0. The second-order valence-electron chi connectivity index (χ2n) is 13.9. The van der Waals surface area contributed by atoms with E-state index in [1.165, 1.54) is 11.3 Å². The number of carbonyl (C=O) groups is 4. The Labute approximate surface area is 285 Å². The molecule has 1 aliphatic heterocycles.